The Labute approximate surface area is 445 Å². The maximum atomic E-state index is 14.3. The number of nitrogens with zero attached hydrogens (tertiary/aromatic N) is 5. The molecule has 1 aromatic carbocycles. The van der Waals surface area contributed by atoms with Gasteiger partial charge in [0, 0.05) is 72.3 Å². The molecule has 0 saturated heterocycles. The van der Waals surface area contributed by atoms with Gasteiger partial charge in [0.1, 0.15) is 18.9 Å². The molecule has 73 heavy (non-hydrogen) atoms. The number of hydrazine groups is 1. The highest BCUT2D eigenvalue weighted by molar-refractivity contribution is 7.97. The molecule has 3 aromatic heterocycles. The summed E-state index contributed by atoms with van der Waals surface area (Å²) in [7, 11) is 1.64. The normalized spacial score (nSPS) is 11.8. The second-order valence-electron chi connectivity index (χ2n) is 18.8. The molecule has 0 aliphatic carbocycles. The fourth-order valence-corrected chi connectivity index (χ4v) is 9.30. The molecule has 2 atom stereocenters. The maximum absolute atomic E-state index is 14.3. The van der Waals surface area contributed by atoms with E-state index in [1.54, 1.807) is 42.4 Å². The standard InChI is InChI=1S/C37H46F3N3OS.C16H29N3O2.C2H6S.C2H6.H4N2/c1-6-8-19-36(4,5)23-30-29-22-27(31-24-45-33(42-31)16-12-10-9-11-13-21-44)17-18-32(29)43(25-37(38,39)40)35(30)28-15-14-20-41-34(28)26(3)7-2;1-7-13(5)19(8-2)11-9-10-14(20)18(6)15(12(3)4)16(17)21;1-3-2;2*1-2/h6,14-15,17-18,20-22,24,26H,1,7-13,16,19,23,25H2,2-5H3;7,12,15H,1,5,8-11H2,2-4,6H3,(H2,17,21);1-2H3;1-2H3;1-2H2. The molecule has 6 N–H and O–H groups in total. The van der Waals surface area contributed by atoms with Crippen LogP contribution in [0.25, 0.3) is 33.4 Å². The summed E-state index contributed by atoms with van der Waals surface area (Å²) in [6, 6.07) is 9.00. The highest BCUT2D eigenvalue weighted by Crippen LogP contribution is 2.44. The number of thiazole rings is 1. The average Bonchev–Trinajstić information content (AvgIpc) is 3.95. The predicted octanol–water partition coefficient (Wildman–Crippen LogP) is 13.7. The Morgan fingerprint density at radius 1 is 0.986 bits per heavy atom. The first-order valence-electron chi connectivity index (χ1n) is 25.7. The van der Waals surface area contributed by atoms with Crippen molar-refractivity contribution in [3.63, 3.8) is 0 Å². The third-order valence-corrected chi connectivity index (χ3v) is 13.2. The van der Waals surface area contributed by atoms with Crippen molar-refractivity contribution in [2.45, 2.75) is 164 Å². The topological polar surface area (TPSA) is 166 Å². The van der Waals surface area contributed by atoms with Gasteiger partial charge in [0.25, 0.3) is 0 Å². The lowest BCUT2D eigenvalue weighted by Crippen LogP contribution is -2.48. The zero-order valence-electron chi connectivity index (χ0n) is 46.4. The molecule has 4 rings (SSSR count). The molecule has 410 valence electrons. The summed E-state index contributed by atoms with van der Waals surface area (Å²) in [5.41, 5.74) is 11.5. The van der Waals surface area contributed by atoms with Gasteiger partial charge >= 0.3 is 6.18 Å². The third kappa shape index (κ3) is 23.1. The smallest absolute Gasteiger partial charge is 0.372 e. The van der Waals surface area contributed by atoms with E-state index in [0.717, 1.165) is 115 Å². The Hall–Kier alpha value is -4.77. The van der Waals surface area contributed by atoms with Crippen LogP contribution in [-0.2, 0) is 33.8 Å². The van der Waals surface area contributed by atoms with Crippen LogP contribution < -0.4 is 17.4 Å². The van der Waals surface area contributed by atoms with E-state index in [-0.39, 0.29) is 23.2 Å². The van der Waals surface area contributed by atoms with Gasteiger partial charge in [-0.15, -0.1) is 17.9 Å². The minimum atomic E-state index is -4.40. The molecular weight excluding hydrogens is 966 g/mol. The Morgan fingerprint density at radius 3 is 2.18 bits per heavy atom. The zero-order chi connectivity index (χ0) is 55.9. The summed E-state index contributed by atoms with van der Waals surface area (Å²) in [4.78, 5) is 47.3. The number of benzene rings is 1. The van der Waals surface area contributed by atoms with Crippen molar-refractivity contribution in [2.24, 2.45) is 28.8 Å². The van der Waals surface area contributed by atoms with E-state index in [4.69, 9.17) is 15.7 Å². The van der Waals surface area contributed by atoms with Crippen LogP contribution in [-0.4, -0.2) is 87.3 Å². The Bertz CT molecular complexity index is 2260. The second kappa shape index (κ2) is 36.2. The van der Waals surface area contributed by atoms with Crippen molar-refractivity contribution in [2.75, 3.05) is 32.6 Å². The number of primary amides is 1. The first-order chi connectivity index (χ1) is 34.6. The van der Waals surface area contributed by atoms with Crippen LogP contribution in [0.2, 0.25) is 0 Å². The number of thioether (sulfide) groups is 1. The van der Waals surface area contributed by atoms with Crippen LogP contribution in [0.3, 0.4) is 0 Å². The quantitative estimate of drug-likeness (QED) is 0.0132. The summed E-state index contributed by atoms with van der Waals surface area (Å²) in [5, 5.41) is 3.93. The molecule has 0 aliphatic rings. The first-order valence-corrected chi connectivity index (χ1v) is 28.2. The Balaban J connectivity index is 0.00000155. The molecule has 0 bridgehead atoms. The molecule has 0 spiro atoms. The zero-order valence-corrected chi connectivity index (χ0v) is 48.0. The lowest BCUT2D eigenvalue weighted by molar-refractivity contribution is -0.139. The Kier molecular flexibility index (Phi) is 33.9. The number of allylic oxidation sites excluding steroid dienone is 2. The summed E-state index contributed by atoms with van der Waals surface area (Å²) in [6.45, 7) is 30.3. The maximum Gasteiger partial charge on any atom is 0.406 e. The molecule has 4 aromatic rings. The molecule has 0 fully saturated rings. The van der Waals surface area contributed by atoms with Crippen molar-refractivity contribution in [1.82, 2.24) is 24.3 Å². The molecule has 0 radical (unpaired) electrons. The molecule has 0 saturated carbocycles. The van der Waals surface area contributed by atoms with Gasteiger partial charge in [0.05, 0.1) is 22.1 Å². The summed E-state index contributed by atoms with van der Waals surface area (Å²) < 4.78 is 44.3. The average molecular weight is 1060 g/mol. The first kappa shape index (κ1) is 68.2. The number of carbonyl (C=O) groups is 3. The van der Waals surface area contributed by atoms with Crippen LogP contribution in [0.1, 0.15) is 149 Å². The number of hydrogen-bond donors (Lipinski definition) is 3. The fraction of sp³-hybridized carbons (Fsp3) is 0.561. The van der Waals surface area contributed by atoms with Crippen molar-refractivity contribution >= 4 is 52.1 Å². The van der Waals surface area contributed by atoms with E-state index in [1.165, 1.54) is 9.47 Å². The number of rotatable bonds is 27. The molecule has 2 unspecified atom stereocenters. The Morgan fingerprint density at radius 2 is 1.63 bits per heavy atom. The number of aryl methyl sites for hydroxylation is 1. The van der Waals surface area contributed by atoms with Gasteiger partial charge in [-0.05, 0) is 124 Å². The van der Waals surface area contributed by atoms with E-state index in [1.807, 2.05) is 88.9 Å². The largest absolute Gasteiger partial charge is 0.406 e. The molecular formula is C57H91F3N8O3S2. The number of fused-ring (bicyclic) bond motifs is 1. The van der Waals surface area contributed by atoms with E-state index < -0.39 is 24.7 Å². The molecule has 3 heterocycles. The number of nitrogens with two attached hydrogens (primary N) is 3. The number of amides is 2. The number of unbranched alkanes of at least 4 members (excludes halogenated alkanes) is 4. The van der Waals surface area contributed by atoms with Gasteiger partial charge in [-0.3, -0.25) is 26.3 Å². The van der Waals surface area contributed by atoms with E-state index in [0.29, 0.717) is 36.9 Å². The SMILES string of the molecule is C=CC(=C)N(CC)CCCC(=O)N(C)C(C(N)=O)C(C)C.C=CCCC(C)(C)Cc1c(-c2cccnc2C(C)CC)n(CC(F)(F)F)c2ccc(-c3csc(CCCCCCC=O)n3)cc12.CC.CSC.NN. The van der Waals surface area contributed by atoms with Crippen molar-refractivity contribution in [3.8, 4) is 22.5 Å². The van der Waals surface area contributed by atoms with Crippen LogP contribution in [0.15, 0.2) is 79.5 Å². The molecule has 2 amide bonds. The van der Waals surface area contributed by atoms with Gasteiger partial charge in [-0.2, -0.15) is 24.9 Å². The molecule has 0 aliphatic heterocycles. The molecule has 16 heteroatoms. The summed E-state index contributed by atoms with van der Waals surface area (Å²) in [6.07, 6.45) is 15.8. The number of aldehydes is 1. The minimum Gasteiger partial charge on any atom is -0.372 e. The number of hydrogen-bond acceptors (Lipinski definition) is 10. The van der Waals surface area contributed by atoms with Crippen LogP contribution >= 0.6 is 23.1 Å². The highest BCUT2D eigenvalue weighted by Gasteiger charge is 2.34. The van der Waals surface area contributed by atoms with Crippen molar-refractivity contribution < 1.29 is 27.6 Å². The number of halogens is 3. The van der Waals surface area contributed by atoms with E-state index >= 15 is 0 Å². The summed E-state index contributed by atoms with van der Waals surface area (Å²) >= 11 is 3.37. The van der Waals surface area contributed by atoms with Crippen molar-refractivity contribution in [1.29, 1.82) is 0 Å². The third-order valence-electron chi connectivity index (χ3n) is 12.2. The number of carbonyl (C=O) groups excluding carboxylic acids is 3. The second-order valence-corrected chi connectivity index (χ2v) is 20.6. The highest BCUT2D eigenvalue weighted by atomic mass is 32.2. The number of likely N-dealkylation sites (N-methyl/N-ethyl adjacent to an activating group) is 2. The number of alkyl halides is 3. The van der Waals surface area contributed by atoms with Gasteiger partial charge in [0.2, 0.25) is 11.8 Å². The van der Waals surface area contributed by atoms with Crippen LogP contribution in [0.5, 0.6) is 0 Å². The lowest BCUT2D eigenvalue weighted by Gasteiger charge is -2.29. The van der Waals surface area contributed by atoms with E-state index in [9.17, 15) is 27.6 Å². The predicted molar refractivity (Wildman–Crippen MR) is 306 cm³/mol. The fourth-order valence-electron chi connectivity index (χ4n) is 8.45. The van der Waals surface area contributed by atoms with Gasteiger partial charge in [-0.1, -0.05) is 93.5 Å². The van der Waals surface area contributed by atoms with Crippen LogP contribution in [0, 0.1) is 11.3 Å². The van der Waals surface area contributed by atoms with Gasteiger partial charge in [-0.25, -0.2) is 4.98 Å². The summed E-state index contributed by atoms with van der Waals surface area (Å²) in [5.74, 6) is 7.57. The van der Waals surface area contributed by atoms with Gasteiger partial charge < -0.3 is 24.9 Å². The number of aromatic nitrogens is 3. The minimum absolute atomic E-state index is 0.00383. The van der Waals surface area contributed by atoms with Crippen molar-refractivity contribution in [3.05, 3.63) is 95.8 Å². The number of pyridine rings is 1. The van der Waals surface area contributed by atoms with E-state index in [2.05, 4.69) is 64.0 Å². The lowest BCUT2D eigenvalue weighted by atomic mass is 9.80. The molecule has 11 nitrogen and oxygen atoms in total. The van der Waals surface area contributed by atoms with Crippen LogP contribution in [0.4, 0.5) is 13.2 Å². The van der Waals surface area contributed by atoms with Gasteiger partial charge in [0.15, 0.2) is 0 Å². The monoisotopic (exact) mass is 1060 g/mol.